The predicted octanol–water partition coefficient (Wildman–Crippen LogP) is 2.78. The number of carbonyl (C=O) groups is 1. The standard InChI is InChI=1S/C11H20O2/c1-7-5-8(10(12)13)6-9(7)11(2,3)4/h7-9H,5-6H2,1-4H3,(H,12,13). The third kappa shape index (κ3) is 2.23. The fourth-order valence-corrected chi connectivity index (χ4v) is 2.66. The maximum absolute atomic E-state index is 10.8. The summed E-state index contributed by atoms with van der Waals surface area (Å²) < 4.78 is 0. The molecule has 2 nitrogen and oxygen atoms in total. The minimum atomic E-state index is -0.612. The summed E-state index contributed by atoms with van der Waals surface area (Å²) in [5, 5.41) is 8.91. The van der Waals surface area contributed by atoms with Crippen LogP contribution >= 0.6 is 0 Å². The van der Waals surface area contributed by atoms with Crippen LogP contribution in [-0.2, 0) is 4.79 Å². The summed E-state index contributed by atoms with van der Waals surface area (Å²) in [6, 6.07) is 0. The summed E-state index contributed by atoms with van der Waals surface area (Å²) in [5.74, 6) is 0.410. The first kappa shape index (κ1) is 10.6. The average molecular weight is 184 g/mol. The van der Waals surface area contributed by atoms with Crippen LogP contribution < -0.4 is 0 Å². The SMILES string of the molecule is CC1CC(C(=O)O)CC1C(C)(C)C. The molecule has 0 heterocycles. The van der Waals surface area contributed by atoms with Crippen LogP contribution in [0.1, 0.15) is 40.5 Å². The molecule has 0 saturated heterocycles. The van der Waals surface area contributed by atoms with Gasteiger partial charge in [0.05, 0.1) is 5.92 Å². The smallest absolute Gasteiger partial charge is 0.306 e. The third-order valence-electron chi connectivity index (χ3n) is 3.34. The highest BCUT2D eigenvalue weighted by molar-refractivity contribution is 5.70. The Morgan fingerprint density at radius 1 is 1.31 bits per heavy atom. The molecule has 0 aliphatic heterocycles. The molecule has 1 aliphatic carbocycles. The Kier molecular flexibility index (Phi) is 2.69. The van der Waals surface area contributed by atoms with Crippen LogP contribution in [0, 0.1) is 23.2 Å². The second-order valence-electron chi connectivity index (χ2n) is 5.46. The van der Waals surface area contributed by atoms with Gasteiger partial charge < -0.3 is 5.11 Å². The lowest BCUT2D eigenvalue weighted by molar-refractivity contribution is -0.141. The van der Waals surface area contributed by atoms with Crippen LogP contribution in [0.15, 0.2) is 0 Å². The molecule has 0 bridgehead atoms. The molecule has 3 atom stereocenters. The van der Waals surface area contributed by atoms with E-state index in [9.17, 15) is 4.79 Å². The van der Waals surface area contributed by atoms with E-state index in [1.165, 1.54) is 0 Å². The lowest BCUT2D eigenvalue weighted by atomic mass is 9.75. The Bertz CT molecular complexity index is 203. The topological polar surface area (TPSA) is 37.3 Å². The van der Waals surface area contributed by atoms with Crippen LogP contribution in [0.5, 0.6) is 0 Å². The molecule has 0 spiro atoms. The molecule has 13 heavy (non-hydrogen) atoms. The van der Waals surface area contributed by atoms with Gasteiger partial charge in [-0.2, -0.15) is 0 Å². The van der Waals surface area contributed by atoms with Crippen molar-refractivity contribution in [1.82, 2.24) is 0 Å². The van der Waals surface area contributed by atoms with Crippen molar-refractivity contribution < 1.29 is 9.90 Å². The lowest BCUT2D eigenvalue weighted by Crippen LogP contribution is -2.22. The zero-order valence-electron chi connectivity index (χ0n) is 9.00. The molecule has 1 saturated carbocycles. The predicted molar refractivity (Wildman–Crippen MR) is 52.5 cm³/mol. The van der Waals surface area contributed by atoms with Crippen molar-refractivity contribution in [2.75, 3.05) is 0 Å². The van der Waals surface area contributed by atoms with E-state index in [4.69, 9.17) is 5.11 Å². The van der Waals surface area contributed by atoms with Gasteiger partial charge in [-0.05, 0) is 30.1 Å². The molecule has 3 unspecified atom stereocenters. The van der Waals surface area contributed by atoms with Crippen LogP contribution in [0.25, 0.3) is 0 Å². The summed E-state index contributed by atoms with van der Waals surface area (Å²) in [4.78, 5) is 10.8. The van der Waals surface area contributed by atoms with Gasteiger partial charge in [-0.15, -0.1) is 0 Å². The first-order chi connectivity index (χ1) is 5.82. The average Bonchev–Trinajstić information content (AvgIpc) is 2.29. The number of carboxylic acids is 1. The van der Waals surface area contributed by atoms with Crippen molar-refractivity contribution in [2.45, 2.75) is 40.5 Å². The molecule has 1 fully saturated rings. The number of hydrogen-bond acceptors (Lipinski definition) is 1. The van der Waals surface area contributed by atoms with E-state index >= 15 is 0 Å². The number of hydrogen-bond donors (Lipinski definition) is 1. The van der Waals surface area contributed by atoms with Crippen molar-refractivity contribution in [1.29, 1.82) is 0 Å². The highest BCUT2D eigenvalue weighted by Crippen LogP contribution is 2.45. The van der Waals surface area contributed by atoms with Gasteiger partial charge in [0, 0.05) is 0 Å². The molecular formula is C11H20O2. The van der Waals surface area contributed by atoms with Gasteiger partial charge in [0.2, 0.25) is 0 Å². The highest BCUT2D eigenvalue weighted by atomic mass is 16.4. The highest BCUT2D eigenvalue weighted by Gasteiger charge is 2.40. The van der Waals surface area contributed by atoms with Gasteiger partial charge >= 0.3 is 5.97 Å². The van der Waals surface area contributed by atoms with Gasteiger partial charge in [0.25, 0.3) is 0 Å². The maximum Gasteiger partial charge on any atom is 0.306 e. The van der Waals surface area contributed by atoms with Gasteiger partial charge in [0.15, 0.2) is 0 Å². The van der Waals surface area contributed by atoms with Crippen molar-refractivity contribution in [3.8, 4) is 0 Å². The molecule has 1 N–H and O–H groups in total. The Balaban J connectivity index is 2.67. The van der Waals surface area contributed by atoms with Crippen LogP contribution in [-0.4, -0.2) is 11.1 Å². The summed E-state index contributed by atoms with van der Waals surface area (Å²) >= 11 is 0. The van der Waals surface area contributed by atoms with Crippen molar-refractivity contribution in [3.05, 3.63) is 0 Å². The van der Waals surface area contributed by atoms with Crippen LogP contribution in [0.2, 0.25) is 0 Å². The van der Waals surface area contributed by atoms with Crippen molar-refractivity contribution in [3.63, 3.8) is 0 Å². The first-order valence-electron chi connectivity index (χ1n) is 5.05. The molecular weight excluding hydrogens is 164 g/mol. The van der Waals surface area contributed by atoms with E-state index in [2.05, 4.69) is 27.7 Å². The minimum absolute atomic E-state index is 0.0979. The summed E-state index contributed by atoms with van der Waals surface area (Å²) in [5.41, 5.74) is 0.254. The Morgan fingerprint density at radius 2 is 1.85 bits per heavy atom. The van der Waals surface area contributed by atoms with Gasteiger partial charge in [0.1, 0.15) is 0 Å². The van der Waals surface area contributed by atoms with Crippen molar-refractivity contribution in [2.24, 2.45) is 23.2 Å². The normalized spacial score (nSPS) is 34.9. The van der Waals surface area contributed by atoms with E-state index in [-0.39, 0.29) is 11.3 Å². The Labute approximate surface area is 80.3 Å². The zero-order valence-corrected chi connectivity index (χ0v) is 9.00. The van der Waals surface area contributed by atoms with Crippen LogP contribution in [0.4, 0.5) is 0 Å². The molecule has 0 radical (unpaired) electrons. The summed E-state index contributed by atoms with van der Waals surface area (Å²) in [6.07, 6.45) is 1.72. The molecule has 2 heteroatoms. The third-order valence-corrected chi connectivity index (χ3v) is 3.34. The molecule has 76 valence electrons. The van der Waals surface area contributed by atoms with Gasteiger partial charge in [-0.1, -0.05) is 27.7 Å². The molecule has 0 amide bonds. The number of rotatable bonds is 1. The largest absolute Gasteiger partial charge is 0.481 e. The molecule has 0 aromatic heterocycles. The van der Waals surface area contributed by atoms with Gasteiger partial charge in [-0.25, -0.2) is 0 Å². The van der Waals surface area contributed by atoms with E-state index in [0.717, 1.165) is 12.8 Å². The van der Waals surface area contributed by atoms with Gasteiger partial charge in [-0.3, -0.25) is 4.79 Å². The van der Waals surface area contributed by atoms with E-state index in [0.29, 0.717) is 11.8 Å². The van der Waals surface area contributed by atoms with E-state index < -0.39 is 5.97 Å². The van der Waals surface area contributed by atoms with Crippen molar-refractivity contribution >= 4 is 5.97 Å². The second kappa shape index (κ2) is 3.32. The Morgan fingerprint density at radius 3 is 2.08 bits per heavy atom. The number of aliphatic carboxylic acids is 1. The first-order valence-corrected chi connectivity index (χ1v) is 5.05. The molecule has 1 aliphatic rings. The molecule has 0 aromatic rings. The Hall–Kier alpha value is -0.530. The number of carboxylic acid groups (broad SMARTS) is 1. The lowest BCUT2D eigenvalue weighted by Gasteiger charge is -2.30. The minimum Gasteiger partial charge on any atom is -0.481 e. The van der Waals surface area contributed by atoms with E-state index in [1.807, 2.05) is 0 Å². The summed E-state index contributed by atoms with van der Waals surface area (Å²) in [7, 11) is 0. The summed E-state index contributed by atoms with van der Waals surface area (Å²) in [6.45, 7) is 8.80. The second-order valence-corrected chi connectivity index (χ2v) is 5.46. The molecule has 1 rings (SSSR count). The maximum atomic E-state index is 10.8. The monoisotopic (exact) mass is 184 g/mol. The molecule has 0 aromatic carbocycles. The zero-order chi connectivity index (χ0) is 10.2. The van der Waals surface area contributed by atoms with Crippen LogP contribution in [0.3, 0.4) is 0 Å². The fraction of sp³-hybridized carbons (Fsp3) is 0.909. The fourth-order valence-electron chi connectivity index (χ4n) is 2.66. The quantitative estimate of drug-likeness (QED) is 0.680. The van der Waals surface area contributed by atoms with E-state index in [1.54, 1.807) is 0 Å².